The van der Waals surface area contributed by atoms with E-state index >= 15 is 0 Å². The average Bonchev–Trinajstić information content (AvgIpc) is 2.74. The van der Waals surface area contributed by atoms with Crippen molar-refractivity contribution < 1.29 is 40.5 Å². The standard InChI is InChI=1S/C7H6O2.2C6H14O3/c8-5-6-1-3-7(9)4-2-6;2*1-2-6(3-7,4-8)5-9/h1-5,9H;2*7-9H,2-5H2,1H3. The zero-order chi connectivity index (χ0) is 21.3. The molecule has 8 heteroatoms. The minimum absolute atomic E-state index is 0.156. The summed E-state index contributed by atoms with van der Waals surface area (Å²) < 4.78 is 0. The van der Waals surface area contributed by atoms with Gasteiger partial charge in [-0.15, -0.1) is 0 Å². The van der Waals surface area contributed by atoms with E-state index in [2.05, 4.69) is 0 Å². The minimum atomic E-state index is -0.667. The van der Waals surface area contributed by atoms with Gasteiger partial charge in [-0.2, -0.15) is 0 Å². The molecule has 0 radical (unpaired) electrons. The second-order valence-electron chi connectivity index (χ2n) is 6.37. The molecule has 0 fully saturated rings. The van der Waals surface area contributed by atoms with Gasteiger partial charge in [0.15, 0.2) is 0 Å². The van der Waals surface area contributed by atoms with Crippen LogP contribution in [0.2, 0.25) is 0 Å². The van der Waals surface area contributed by atoms with Gasteiger partial charge in [-0.25, -0.2) is 0 Å². The first-order chi connectivity index (χ1) is 12.8. The van der Waals surface area contributed by atoms with Gasteiger partial charge < -0.3 is 35.7 Å². The van der Waals surface area contributed by atoms with Gasteiger partial charge in [-0.1, -0.05) is 13.8 Å². The number of benzene rings is 1. The molecule has 0 aliphatic heterocycles. The van der Waals surface area contributed by atoms with Crippen LogP contribution in [-0.4, -0.2) is 81.7 Å². The fourth-order valence-electron chi connectivity index (χ4n) is 1.52. The number of rotatable bonds is 9. The lowest BCUT2D eigenvalue weighted by molar-refractivity contribution is 0.00275. The normalized spacial score (nSPS) is 11.0. The molecule has 1 aromatic carbocycles. The number of carbonyl (C=O) groups excluding carboxylic acids is 1. The number of aliphatic hydroxyl groups is 6. The Morgan fingerprint density at radius 1 is 0.704 bits per heavy atom. The summed E-state index contributed by atoms with van der Waals surface area (Å²) in [6.45, 7) is 2.71. The third kappa shape index (κ3) is 10.4. The minimum Gasteiger partial charge on any atom is -0.508 e. The van der Waals surface area contributed by atoms with Crippen molar-refractivity contribution in [2.75, 3.05) is 39.6 Å². The summed E-state index contributed by atoms with van der Waals surface area (Å²) in [6.07, 6.45) is 1.92. The quantitative estimate of drug-likeness (QED) is 0.288. The molecule has 27 heavy (non-hydrogen) atoms. The summed E-state index contributed by atoms with van der Waals surface area (Å²) in [5.41, 5.74) is -0.757. The van der Waals surface area contributed by atoms with Crippen LogP contribution in [0.1, 0.15) is 37.0 Å². The summed E-state index contributed by atoms with van der Waals surface area (Å²) in [5.74, 6) is 0.181. The van der Waals surface area contributed by atoms with Gasteiger partial charge >= 0.3 is 0 Å². The van der Waals surface area contributed by atoms with E-state index in [0.717, 1.165) is 6.29 Å². The monoisotopic (exact) mass is 390 g/mol. The van der Waals surface area contributed by atoms with Gasteiger partial charge in [-0.05, 0) is 37.1 Å². The Hall–Kier alpha value is -1.55. The highest BCUT2D eigenvalue weighted by Gasteiger charge is 2.25. The van der Waals surface area contributed by atoms with E-state index in [-0.39, 0.29) is 45.4 Å². The van der Waals surface area contributed by atoms with Gasteiger partial charge in [0.2, 0.25) is 0 Å². The third-order valence-electron chi connectivity index (χ3n) is 4.54. The fourth-order valence-corrected chi connectivity index (χ4v) is 1.52. The van der Waals surface area contributed by atoms with Crippen molar-refractivity contribution in [3.8, 4) is 5.75 Å². The Morgan fingerprint density at radius 2 is 1.00 bits per heavy atom. The van der Waals surface area contributed by atoms with E-state index in [0.29, 0.717) is 18.4 Å². The van der Waals surface area contributed by atoms with E-state index in [9.17, 15) is 4.79 Å². The number of hydrogen-bond donors (Lipinski definition) is 7. The molecule has 7 N–H and O–H groups in total. The second-order valence-corrected chi connectivity index (χ2v) is 6.37. The maximum atomic E-state index is 10.0. The van der Waals surface area contributed by atoms with E-state index in [1.807, 2.05) is 13.8 Å². The van der Waals surface area contributed by atoms with Crippen LogP contribution >= 0.6 is 0 Å². The van der Waals surface area contributed by atoms with Gasteiger partial charge in [0, 0.05) is 16.4 Å². The van der Waals surface area contributed by atoms with Crippen molar-refractivity contribution in [1.29, 1.82) is 0 Å². The highest BCUT2D eigenvalue weighted by Crippen LogP contribution is 2.18. The SMILES string of the molecule is CCC(CO)(CO)CO.CCC(CO)(CO)CO.O=Cc1ccc(O)cc1. The molecule has 0 atom stereocenters. The van der Waals surface area contributed by atoms with Crippen molar-refractivity contribution in [1.82, 2.24) is 0 Å². The molecule has 0 aliphatic rings. The van der Waals surface area contributed by atoms with Crippen molar-refractivity contribution >= 4 is 6.29 Å². The van der Waals surface area contributed by atoms with E-state index in [1.54, 1.807) is 12.1 Å². The van der Waals surface area contributed by atoms with Crippen LogP contribution in [0, 0.1) is 10.8 Å². The van der Waals surface area contributed by atoms with Crippen LogP contribution in [0.3, 0.4) is 0 Å². The number of carbonyl (C=O) groups is 1. The maximum Gasteiger partial charge on any atom is 0.150 e. The molecule has 0 saturated heterocycles. The summed E-state index contributed by atoms with van der Waals surface area (Å²) >= 11 is 0. The first-order valence-electron chi connectivity index (χ1n) is 8.71. The zero-order valence-electron chi connectivity index (χ0n) is 16.1. The molecular formula is C19H34O8. The van der Waals surface area contributed by atoms with Crippen molar-refractivity contribution in [2.24, 2.45) is 10.8 Å². The van der Waals surface area contributed by atoms with Gasteiger partial charge in [0.1, 0.15) is 12.0 Å². The highest BCUT2D eigenvalue weighted by molar-refractivity contribution is 5.74. The summed E-state index contributed by atoms with van der Waals surface area (Å²) in [7, 11) is 0. The van der Waals surface area contributed by atoms with Crippen LogP contribution < -0.4 is 0 Å². The molecule has 158 valence electrons. The van der Waals surface area contributed by atoms with Crippen LogP contribution in [-0.2, 0) is 0 Å². The third-order valence-corrected chi connectivity index (χ3v) is 4.54. The Labute approximate surface area is 160 Å². The van der Waals surface area contributed by atoms with Crippen LogP contribution in [0.25, 0.3) is 0 Å². The molecular weight excluding hydrogens is 356 g/mol. The first kappa shape index (κ1) is 27.7. The van der Waals surface area contributed by atoms with Crippen molar-refractivity contribution in [3.63, 3.8) is 0 Å². The number of hydrogen-bond acceptors (Lipinski definition) is 8. The summed E-state index contributed by atoms with van der Waals surface area (Å²) in [5, 5.41) is 60.7. The van der Waals surface area contributed by atoms with E-state index < -0.39 is 10.8 Å². The average molecular weight is 390 g/mol. The molecule has 0 heterocycles. The van der Waals surface area contributed by atoms with Gasteiger partial charge in [-0.3, -0.25) is 4.79 Å². The van der Waals surface area contributed by atoms with Crippen molar-refractivity contribution in [3.05, 3.63) is 29.8 Å². The Morgan fingerprint density at radius 3 is 1.15 bits per heavy atom. The predicted octanol–water partition coefficient (Wildman–Crippen LogP) is -0.0759. The molecule has 0 aromatic heterocycles. The molecule has 0 amide bonds. The molecule has 1 aromatic rings. The molecule has 0 unspecified atom stereocenters. The summed E-state index contributed by atoms with van der Waals surface area (Å²) in [4.78, 5) is 10.0. The van der Waals surface area contributed by atoms with E-state index in [4.69, 9.17) is 35.7 Å². The van der Waals surface area contributed by atoms with Crippen LogP contribution in [0.4, 0.5) is 0 Å². The number of aliphatic hydroxyl groups excluding tert-OH is 6. The van der Waals surface area contributed by atoms with Gasteiger partial charge in [0.25, 0.3) is 0 Å². The zero-order valence-corrected chi connectivity index (χ0v) is 16.1. The smallest absolute Gasteiger partial charge is 0.150 e. The molecule has 8 nitrogen and oxygen atoms in total. The van der Waals surface area contributed by atoms with Crippen molar-refractivity contribution in [2.45, 2.75) is 26.7 Å². The van der Waals surface area contributed by atoms with Crippen LogP contribution in [0.5, 0.6) is 5.75 Å². The predicted molar refractivity (Wildman–Crippen MR) is 101 cm³/mol. The highest BCUT2D eigenvalue weighted by atomic mass is 16.3. The maximum absolute atomic E-state index is 10.0. The summed E-state index contributed by atoms with van der Waals surface area (Å²) in [6, 6.07) is 6.07. The van der Waals surface area contributed by atoms with Gasteiger partial charge in [0.05, 0.1) is 39.6 Å². The molecule has 0 bridgehead atoms. The number of phenolic OH excluding ortho intramolecular Hbond substituents is 1. The molecule has 0 saturated carbocycles. The lowest BCUT2D eigenvalue weighted by atomic mass is 9.88. The largest absolute Gasteiger partial charge is 0.508 e. The second kappa shape index (κ2) is 15.5. The molecule has 1 rings (SSSR count). The fraction of sp³-hybridized carbons (Fsp3) is 0.632. The topological polar surface area (TPSA) is 159 Å². The Kier molecular flexibility index (Phi) is 15.9. The lowest BCUT2D eigenvalue weighted by Crippen LogP contribution is -2.32. The lowest BCUT2D eigenvalue weighted by Gasteiger charge is -2.24. The van der Waals surface area contributed by atoms with Crippen LogP contribution in [0.15, 0.2) is 24.3 Å². The Bertz CT molecular complexity index is 412. The molecule has 0 aliphatic carbocycles. The van der Waals surface area contributed by atoms with E-state index in [1.165, 1.54) is 12.1 Å². The number of aromatic hydroxyl groups is 1. The Balaban J connectivity index is 0. The molecule has 0 spiro atoms. The number of aldehydes is 1. The number of phenols is 1. The first-order valence-corrected chi connectivity index (χ1v) is 8.71.